The molecule has 1 atom stereocenters. The molecule has 0 aliphatic carbocycles. The van der Waals surface area contributed by atoms with Crippen molar-refractivity contribution < 1.29 is 9.53 Å². The highest BCUT2D eigenvalue weighted by atomic mass is 35.5. The summed E-state index contributed by atoms with van der Waals surface area (Å²) in [4.78, 5) is 11.9. The van der Waals surface area contributed by atoms with Crippen molar-refractivity contribution in [1.82, 2.24) is 5.32 Å². The van der Waals surface area contributed by atoms with Gasteiger partial charge in [0.2, 0.25) is 0 Å². The highest BCUT2D eigenvalue weighted by Crippen LogP contribution is 2.23. The number of halogens is 1. The fourth-order valence-corrected chi connectivity index (χ4v) is 1.80. The van der Waals surface area contributed by atoms with Gasteiger partial charge in [-0.25, -0.2) is 0 Å². The van der Waals surface area contributed by atoms with Crippen molar-refractivity contribution in [2.45, 2.75) is 6.10 Å². The lowest BCUT2D eigenvalue weighted by Gasteiger charge is -2.22. The van der Waals surface area contributed by atoms with Crippen LogP contribution in [0.3, 0.4) is 0 Å². The summed E-state index contributed by atoms with van der Waals surface area (Å²) in [6.07, 6.45) is -0.527. The molecule has 0 radical (unpaired) electrons. The number of ether oxygens (including phenoxy) is 1. The van der Waals surface area contributed by atoms with Crippen molar-refractivity contribution in [1.29, 1.82) is 5.26 Å². The summed E-state index contributed by atoms with van der Waals surface area (Å²) in [5.41, 5.74) is 0.868. The van der Waals surface area contributed by atoms with Crippen LogP contribution in [0.1, 0.15) is 5.56 Å². The average Bonchev–Trinajstić information content (AvgIpc) is 2.42. The largest absolute Gasteiger partial charge is 0.366 e. The van der Waals surface area contributed by atoms with Crippen molar-refractivity contribution in [2.24, 2.45) is 0 Å². The predicted octanol–water partition coefficient (Wildman–Crippen LogP) is 1.14. The highest BCUT2D eigenvalue weighted by molar-refractivity contribution is 6.33. The first-order valence-electron chi connectivity index (χ1n) is 5.53. The number of hydrogen-bond donors (Lipinski definition) is 2. The Morgan fingerprint density at radius 1 is 1.61 bits per heavy atom. The van der Waals surface area contributed by atoms with Gasteiger partial charge in [-0.05, 0) is 18.2 Å². The Balaban J connectivity index is 2.08. The summed E-state index contributed by atoms with van der Waals surface area (Å²) in [6, 6.07) is 6.70. The van der Waals surface area contributed by atoms with E-state index in [1.54, 1.807) is 12.1 Å². The maximum atomic E-state index is 11.9. The molecule has 2 N–H and O–H groups in total. The van der Waals surface area contributed by atoms with Gasteiger partial charge in [-0.2, -0.15) is 5.26 Å². The van der Waals surface area contributed by atoms with Crippen LogP contribution in [0.2, 0.25) is 5.02 Å². The van der Waals surface area contributed by atoms with Crippen LogP contribution in [-0.4, -0.2) is 31.7 Å². The fourth-order valence-electron chi connectivity index (χ4n) is 1.64. The van der Waals surface area contributed by atoms with Crippen LogP contribution in [0.25, 0.3) is 0 Å². The molecular weight excluding hydrogens is 254 g/mol. The first-order valence-corrected chi connectivity index (χ1v) is 5.91. The monoisotopic (exact) mass is 265 g/mol. The third-order valence-corrected chi connectivity index (χ3v) is 2.90. The molecule has 0 bridgehead atoms. The van der Waals surface area contributed by atoms with Gasteiger partial charge in [0.05, 0.1) is 28.9 Å². The molecule has 0 saturated carbocycles. The SMILES string of the molecule is N#Cc1ccc(Cl)c(NC(=O)C2CNCCO2)c1. The highest BCUT2D eigenvalue weighted by Gasteiger charge is 2.22. The number of carbonyl (C=O) groups is 1. The van der Waals surface area contributed by atoms with Crippen molar-refractivity contribution >= 4 is 23.2 Å². The molecule has 94 valence electrons. The molecule has 1 amide bonds. The molecule has 1 fully saturated rings. The Bertz CT molecular complexity index is 493. The first-order chi connectivity index (χ1) is 8.70. The number of anilines is 1. The smallest absolute Gasteiger partial charge is 0.254 e. The lowest BCUT2D eigenvalue weighted by molar-refractivity contribution is -0.128. The van der Waals surface area contributed by atoms with Crippen molar-refractivity contribution in [2.75, 3.05) is 25.0 Å². The number of amides is 1. The number of benzene rings is 1. The van der Waals surface area contributed by atoms with Gasteiger partial charge in [-0.1, -0.05) is 11.6 Å². The summed E-state index contributed by atoms with van der Waals surface area (Å²) < 4.78 is 5.33. The molecule has 1 aliphatic rings. The molecule has 1 aromatic rings. The molecule has 1 heterocycles. The van der Waals surface area contributed by atoms with Gasteiger partial charge in [0.25, 0.3) is 5.91 Å². The molecule has 1 saturated heterocycles. The van der Waals surface area contributed by atoms with Crippen LogP contribution in [0.5, 0.6) is 0 Å². The number of rotatable bonds is 2. The molecule has 1 aromatic carbocycles. The molecular formula is C12H12ClN3O2. The molecule has 0 spiro atoms. The van der Waals surface area contributed by atoms with Crippen molar-refractivity contribution in [3.05, 3.63) is 28.8 Å². The Morgan fingerprint density at radius 3 is 3.11 bits per heavy atom. The minimum Gasteiger partial charge on any atom is -0.366 e. The number of nitrogens with zero attached hydrogens (tertiary/aromatic N) is 1. The summed E-state index contributed by atoms with van der Waals surface area (Å²) in [5, 5.41) is 14.9. The lowest BCUT2D eigenvalue weighted by Crippen LogP contribution is -2.45. The molecule has 18 heavy (non-hydrogen) atoms. The minimum atomic E-state index is -0.527. The molecule has 6 heteroatoms. The standard InChI is InChI=1S/C12H12ClN3O2/c13-9-2-1-8(6-14)5-10(9)16-12(17)11-7-15-3-4-18-11/h1-2,5,11,15H,3-4,7H2,(H,16,17). The van der Waals surface area contributed by atoms with Crippen LogP contribution in [0, 0.1) is 11.3 Å². The van der Waals surface area contributed by atoms with Gasteiger partial charge in [-0.3, -0.25) is 4.79 Å². The van der Waals surface area contributed by atoms with Crippen LogP contribution in [-0.2, 0) is 9.53 Å². The normalized spacial score (nSPS) is 19.0. The predicted molar refractivity (Wildman–Crippen MR) is 67.4 cm³/mol. The number of morpholine rings is 1. The Morgan fingerprint density at radius 2 is 2.44 bits per heavy atom. The molecule has 2 rings (SSSR count). The Labute approximate surface area is 110 Å². The van der Waals surface area contributed by atoms with Crippen LogP contribution in [0.4, 0.5) is 5.69 Å². The molecule has 5 nitrogen and oxygen atoms in total. The molecule has 0 aromatic heterocycles. The average molecular weight is 266 g/mol. The molecule has 1 aliphatic heterocycles. The van der Waals surface area contributed by atoms with E-state index in [1.165, 1.54) is 6.07 Å². The summed E-state index contributed by atoms with van der Waals surface area (Å²) in [5.74, 6) is -0.265. The van der Waals surface area contributed by atoms with E-state index in [4.69, 9.17) is 21.6 Å². The maximum absolute atomic E-state index is 11.9. The zero-order valence-electron chi connectivity index (χ0n) is 9.57. The second-order valence-corrected chi connectivity index (χ2v) is 4.27. The quantitative estimate of drug-likeness (QED) is 0.841. The molecule has 1 unspecified atom stereocenters. The van der Waals surface area contributed by atoms with E-state index in [1.807, 2.05) is 6.07 Å². The minimum absolute atomic E-state index is 0.265. The van der Waals surface area contributed by atoms with Crippen LogP contribution >= 0.6 is 11.6 Å². The zero-order valence-corrected chi connectivity index (χ0v) is 10.3. The van der Waals surface area contributed by atoms with Gasteiger partial charge < -0.3 is 15.4 Å². The van der Waals surface area contributed by atoms with Gasteiger partial charge in [0, 0.05) is 13.1 Å². The fraction of sp³-hybridized carbons (Fsp3) is 0.333. The van der Waals surface area contributed by atoms with Gasteiger partial charge in [-0.15, -0.1) is 0 Å². The van der Waals surface area contributed by atoms with E-state index in [0.29, 0.717) is 29.4 Å². The van der Waals surface area contributed by atoms with Crippen LogP contribution in [0.15, 0.2) is 18.2 Å². The van der Waals surface area contributed by atoms with E-state index in [-0.39, 0.29) is 5.91 Å². The van der Waals surface area contributed by atoms with Gasteiger partial charge in [0.15, 0.2) is 0 Å². The van der Waals surface area contributed by atoms with Gasteiger partial charge >= 0.3 is 0 Å². The van der Waals surface area contributed by atoms with Crippen molar-refractivity contribution in [3.63, 3.8) is 0 Å². The third-order valence-electron chi connectivity index (χ3n) is 2.57. The maximum Gasteiger partial charge on any atom is 0.254 e. The van der Waals surface area contributed by atoms with E-state index in [2.05, 4.69) is 10.6 Å². The third kappa shape index (κ3) is 2.99. The number of carbonyl (C=O) groups excluding carboxylic acids is 1. The van der Waals surface area contributed by atoms with Crippen molar-refractivity contribution in [3.8, 4) is 6.07 Å². The van der Waals surface area contributed by atoms with E-state index < -0.39 is 6.10 Å². The Kier molecular flexibility index (Phi) is 4.15. The van der Waals surface area contributed by atoms with Crippen LogP contribution < -0.4 is 10.6 Å². The summed E-state index contributed by atoms with van der Waals surface area (Å²) in [7, 11) is 0. The van der Waals surface area contributed by atoms with E-state index in [0.717, 1.165) is 6.54 Å². The number of nitriles is 1. The second-order valence-electron chi connectivity index (χ2n) is 3.86. The number of hydrogen-bond acceptors (Lipinski definition) is 4. The van der Waals surface area contributed by atoms with E-state index >= 15 is 0 Å². The lowest BCUT2D eigenvalue weighted by atomic mass is 10.2. The Hall–Kier alpha value is -1.61. The summed E-state index contributed by atoms with van der Waals surface area (Å²) >= 11 is 5.96. The van der Waals surface area contributed by atoms with E-state index in [9.17, 15) is 4.79 Å². The first kappa shape index (κ1) is 12.8. The number of nitrogens with one attached hydrogen (secondary N) is 2. The zero-order chi connectivity index (χ0) is 13.0. The second kappa shape index (κ2) is 5.83. The van der Waals surface area contributed by atoms with Gasteiger partial charge in [0.1, 0.15) is 6.10 Å². The summed E-state index contributed by atoms with van der Waals surface area (Å²) in [6.45, 7) is 1.72. The topological polar surface area (TPSA) is 74.2 Å².